The highest BCUT2D eigenvalue weighted by atomic mass is 16.1. The molecule has 1 fully saturated rings. The SMILES string of the molecule is CN1CCN(c2cccc(C(=O)CN3c4ccccc4Cn4c3nc(-c3ccncc3)cc4=O)c2)CC1. The van der Waals surface area contributed by atoms with E-state index in [-0.39, 0.29) is 17.9 Å². The quantitative estimate of drug-likeness (QED) is 0.395. The average molecular weight is 493 g/mol. The van der Waals surface area contributed by atoms with Crippen molar-refractivity contribution < 1.29 is 4.79 Å². The summed E-state index contributed by atoms with van der Waals surface area (Å²) in [6, 6.07) is 20.9. The smallest absolute Gasteiger partial charge is 0.255 e. The molecule has 2 aromatic carbocycles. The van der Waals surface area contributed by atoms with Crippen LogP contribution in [0.4, 0.5) is 17.3 Å². The van der Waals surface area contributed by atoms with E-state index in [9.17, 15) is 9.59 Å². The van der Waals surface area contributed by atoms with Crippen molar-refractivity contribution in [2.75, 3.05) is 49.6 Å². The summed E-state index contributed by atoms with van der Waals surface area (Å²) in [5.74, 6) is 0.448. The Morgan fingerprint density at radius 1 is 0.919 bits per heavy atom. The zero-order chi connectivity index (χ0) is 25.4. The van der Waals surface area contributed by atoms with Crippen LogP contribution in [0.15, 0.2) is 83.9 Å². The first-order valence-electron chi connectivity index (χ1n) is 12.5. The molecule has 0 saturated carbocycles. The summed E-state index contributed by atoms with van der Waals surface area (Å²) >= 11 is 0. The van der Waals surface area contributed by atoms with Gasteiger partial charge < -0.3 is 14.7 Å². The highest BCUT2D eigenvalue weighted by molar-refractivity contribution is 6.01. The standard InChI is InChI=1S/C29H28N6O2/c1-32-13-15-33(16-14-32)24-7-4-6-22(17-24)27(36)20-34-26-8-3-2-5-23(26)19-35-28(37)18-25(31-29(34)35)21-9-11-30-12-10-21/h2-12,17-18H,13-16,19-20H2,1H3. The number of hydrogen-bond acceptors (Lipinski definition) is 7. The molecule has 4 heterocycles. The number of para-hydroxylation sites is 1. The van der Waals surface area contributed by atoms with Crippen LogP contribution >= 0.6 is 0 Å². The van der Waals surface area contributed by atoms with Crippen LogP contribution in [0.5, 0.6) is 0 Å². The number of hydrogen-bond donors (Lipinski definition) is 0. The van der Waals surface area contributed by atoms with E-state index in [2.05, 4.69) is 27.9 Å². The molecule has 2 aromatic heterocycles. The number of carbonyl (C=O) groups excluding carboxylic acids is 1. The lowest BCUT2D eigenvalue weighted by Crippen LogP contribution is -2.44. The summed E-state index contributed by atoms with van der Waals surface area (Å²) in [6.45, 7) is 4.36. The molecule has 2 aliphatic rings. The van der Waals surface area contributed by atoms with Crippen LogP contribution in [-0.2, 0) is 6.54 Å². The second-order valence-corrected chi connectivity index (χ2v) is 9.58. The molecule has 8 heteroatoms. The first-order valence-corrected chi connectivity index (χ1v) is 12.5. The zero-order valence-electron chi connectivity index (χ0n) is 20.7. The molecule has 0 unspecified atom stereocenters. The largest absolute Gasteiger partial charge is 0.369 e. The number of ketones is 1. The number of aromatic nitrogens is 3. The van der Waals surface area contributed by atoms with Crippen molar-refractivity contribution >= 4 is 23.1 Å². The number of fused-ring (bicyclic) bond motifs is 2. The average Bonchev–Trinajstić information content (AvgIpc) is 2.94. The topological polar surface area (TPSA) is 74.6 Å². The molecular weight excluding hydrogens is 464 g/mol. The van der Waals surface area contributed by atoms with Crippen LogP contribution in [0.1, 0.15) is 15.9 Å². The van der Waals surface area contributed by atoms with Crippen molar-refractivity contribution in [1.29, 1.82) is 0 Å². The molecular formula is C29H28N6O2. The van der Waals surface area contributed by atoms with Crippen molar-refractivity contribution in [2.24, 2.45) is 0 Å². The fourth-order valence-corrected chi connectivity index (χ4v) is 5.04. The minimum absolute atomic E-state index is 0.0252. The number of nitrogens with zero attached hydrogens (tertiary/aromatic N) is 6. The number of Topliss-reactive ketones (excluding diaryl/α,β-unsaturated/α-hetero) is 1. The van der Waals surface area contributed by atoms with E-state index in [1.165, 1.54) is 0 Å². The maximum atomic E-state index is 13.7. The highest BCUT2D eigenvalue weighted by Crippen LogP contribution is 2.34. The summed E-state index contributed by atoms with van der Waals surface area (Å²) in [5, 5.41) is 0. The molecule has 37 heavy (non-hydrogen) atoms. The van der Waals surface area contributed by atoms with Crippen molar-refractivity contribution in [1.82, 2.24) is 19.4 Å². The Bertz CT molecular complexity index is 1510. The molecule has 0 radical (unpaired) electrons. The molecule has 1 saturated heterocycles. The Balaban J connectivity index is 1.36. The predicted molar refractivity (Wildman–Crippen MR) is 145 cm³/mol. The molecule has 0 bridgehead atoms. The van der Waals surface area contributed by atoms with Gasteiger partial charge in [-0.05, 0) is 42.9 Å². The van der Waals surface area contributed by atoms with Gasteiger partial charge in [-0.15, -0.1) is 0 Å². The number of benzene rings is 2. The third-order valence-corrected chi connectivity index (χ3v) is 7.15. The van der Waals surface area contributed by atoms with Crippen LogP contribution in [0.3, 0.4) is 0 Å². The molecule has 6 rings (SSSR count). The molecule has 0 N–H and O–H groups in total. The van der Waals surface area contributed by atoms with E-state index < -0.39 is 0 Å². The van der Waals surface area contributed by atoms with Gasteiger partial charge in [-0.25, -0.2) is 4.98 Å². The van der Waals surface area contributed by atoms with Crippen molar-refractivity contribution in [2.45, 2.75) is 6.54 Å². The minimum atomic E-state index is -0.152. The van der Waals surface area contributed by atoms with Crippen molar-refractivity contribution in [3.8, 4) is 11.3 Å². The maximum absolute atomic E-state index is 13.7. The van der Waals surface area contributed by atoms with Gasteiger partial charge in [-0.1, -0.05) is 30.3 Å². The van der Waals surface area contributed by atoms with Gasteiger partial charge in [0.2, 0.25) is 5.95 Å². The summed E-state index contributed by atoms with van der Waals surface area (Å²) in [5.41, 5.74) is 4.81. The fourth-order valence-electron chi connectivity index (χ4n) is 5.04. The van der Waals surface area contributed by atoms with Gasteiger partial charge in [0.05, 0.1) is 18.8 Å². The number of carbonyl (C=O) groups is 1. The molecule has 4 aromatic rings. The normalized spacial score (nSPS) is 15.3. The van der Waals surface area contributed by atoms with E-state index >= 15 is 0 Å². The van der Waals surface area contributed by atoms with E-state index in [1.54, 1.807) is 23.0 Å². The van der Waals surface area contributed by atoms with Gasteiger partial charge in [-0.2, -0.15) is 0 Å². The van der Waals surface area contributed by atoms with Crippen LogP contribution in [-0.4, -0.2) is 65.0 Å². The lowest BCUT2D eigenvalue weighted by atomic mass is 10.1. The minimum Gasteiger partial charge on any atom is -0.369 e. The summed E-state index contributed by atoms with van der Waals surface area (Å²) in [4.78, 5) is 42.3. The number of rotatable bonds is 5. The van der Waals surface area contributed by atoms with E-state index in [0.717, 1.165) is 48.7 Å². The van der Waals surface area contributed by atoms with Gasteiger partial charge in [0, 0.05) is 67.1 Å². The van der Waals surface area contributed by atoms with Crippen molar-refractivity contribution in [3.63, 3.8) is 0 Å². The van der Waals surface area contributed by atoms with Crippen LogP contribution in [0.25, 0.3) is 11.3 Å². The maximum Gasteiger partial charge on any atom is 0.255 e. The fraction of sp³-hybridized carbons (Fsp3) is 0.241. The van der Waals surface area contributed by atoms with Crippen molar-refractivity contribution in [3.05, 3.63) is 101 Å². The van der Waals surface area contributed by atoms with E-state index in [1.807, 2.05) is 59.5 Å². The third kappa shape index (κ3) is 4.51. The van der Waals surface area contributed by atoms with Crippen LogP contribution < -0.4 is 15.4 Å². The molecule has 186 valence electrons. The molecule has 2 aliphatic heterocycles. The van der Waals surface area contributed by atoms with Gasteiger partial charge in [0.15, 0.2) is 5.78 Å². The molecule has 0 spiro atoms. The van der Waals surface area contributed by atoms with Gasteiger partial charge in [-0.3, -0.25) is 19.1 Å². The number of likely N-dealkylation sites (N-methyl/N-ethyl adjacent to an activating group) is 1. The first-order chi connectivity index (χ1) is 18.1. The Kier molecular flexibility index (Phi) is 6.02. The summed E-state index contributed by atoms with van der Waals surface area (Å²) in [7, 11) is 2.13. The van der Waals surface area contributed by atoms with Gasteiger partial charge >= 0.3 is 0 Å². The monoisotopic (exact) mass is 492 g/mol. The van der Waals surface area contributed by atoms with Gasteiger partial charge in [0.25, 0.3) is 5.56 Å². The lowest BCUT2D eigenvalue weighted by Gasteiger charge is -2.34. The van der Waals surface area contributed by atoms with Crippen LogP contribution in [0.2, 0.25) is 0 Å². The Morgan fingerprint density at radius 3 is 2.51 bits per heavy atom. The Morgan fingerprint density at radius 2 is 1.70 bits per heavy atom. The third-order valence-electron chi connectivity index (χ3n) is 7.15. The second kappa shape index (κ2) is 9.63. The second-order valence-electron chi connectivity index (χ2n) is 9.58. The highest BCUT2D eigenvalue weighted by Gasteiger charge is 2.28. The first kappa shape index (κ1) is 23.1. The summed E-state index contributed by atoms with van der Waals surface area (Å²) in [6.07, 6.45) is 3.36. The van der Waals surface area contributed by atoms with Crippen LogP contribution in [0, 0.1) is 0 Å². The molecule has 8 nitrogen and oxygen atoms in total. The number of piperazine rings is 1. The lowest BCUT2D eigenvalue weighted by molar-refractivity contribution is 0.100. The Labute approximate surface area is 215 Å². The molecule has 0 aliphatic carbocycles. The number of pyridine rings is 1. The molecule has 0 atom stereocenters. The predicted octanol–water partition coefficient (Wildman–Crippen LogP) is 3.44. The summed E-state index contributed by atoms with van der Waals surface area (Å²) < 4.78 is 1.64. The van der Waals surface area contributed by atoms with E-state index in [0.29, 0.717) is 23.8 Å². The number of anilines is 3. The molecule has 0 amide bonds. The Hall–Kier alpha value is -4.30. The van der Waals surface area contributed by atoms with Gasteiger partial charge in [0.1, 0.15) is 0 Å². The zero-order valence-corrected chi connectivity index (χ0v) is 20.7. The van der Waals surface area contributed by atoms with E-state index in [4.69, 9.17) is 4.98 Å².